The van der Waals surface area contributed by atoms with Crippen LogP contribution in [0.25, 0.3) is 0 Å². The van der Waals surface area contributed by atoms with Crippen molar-refractivity contribution < 1.29 is 4.79 Å². The van der Waals surface area contributed by atoms with Crippen molar-refractivity contribution in [3.8, 4) is 11.8 Å². The zero-order valence-electron chi connectivity index (χ0n) is 14.7. The number of nitrogens with one attached hydrogen (secondary N) is 1. The number of carbonyl (C=O) groups is 1. The lowest BCUT2D eigenvalue weighted by Crippen LogP contribution is -2.31. The second-order valence-electron chi connectivity index (χ2n) is 6.48. The largest absolute Gasteiger partial charge is 0.326 e. The molecule has 3 heteroatoms. The summed E-state index contributed by atoms with van der Waals surface area (Å²) in [5.41, 5.74) is 2.52. The van der Waals surface area contributed by atoms with Gasteiger partial charge in [-0.05, 0) is 37.1 Å². The Hall–Kier alpha value is -2.73. The molecule has 0 aromatic heterocycles. The highest BCUT2D eigenvalue weighted by atomic mass is 16.2. The maximum Gasteiger partial charge on any atom is 0.326 e. The molecule has 1 saturated carbocycles. The van der Waals surface area contributed by atoms with E-state index in [1.54, 1.807) is 11.9 Å². The quantitative estimate of drug-likeness (QED) is 0.745. The number of hydrogen-bond donors (Lipinski definition) is 1. The molecular weight excluding hydrogens is 308 g/mol. The molecule has 1 aliphatic carbocycles. The van der Waals surface area contributed by atoms with E-state index in [4.69, 9.17) is 0 Å². The molecule has 128 valence electrons. The third-order valence-electron chi connectivity index (χ3n) is 4.61. The first-order valence-corrected chi connectivity index (χ1v) is 8.94. The number of urea groups is 1. The summed E-state index contributed by atoms with van der Waals surface area (Å²) in [5.74, 6) is 7.22. The first-order valence-electron chi connectivity index (χ1n) is 8.94. The molecule has 1 aliphatic rings. The summed E-state index contributed by atoms with van der Waals surface area (Å²) in [6.07, 6.45) is 6.27. The van der Waals surface area contributed by atoms with E-state index >= 15 is 0 Å². The molecule has 0 bridgehead atoms. The highest BCUT2D eigenvalue weighted by molar-refractivity contribution is 6.02. The van der Waals surface area contributed by atoms with Crippen LogP contribution in [0.15, 0.2) is 54.6 Å². The van der Waals surface area contributed by atoms with Crippen LogP contribution in [0.2, 0.25) is 0 Å². The van der Waals surface area contributed by atoms with Crippen molar-refractivity contribution in [3.63, 3.8) is 0 Å². The lowest BCUT2D eigenvalue weighted by molar-refractivity contribution is 0.258. The molecule has 0 heterocycles. The zero-order valence-corrected chi connectivity index (χ0v) is 14.7. The number of hydrogen-bond acceptors (Lipinski definition) is 1. The van der Waals surface area contributed by atoms with Crippen LogP contribution in [0.4, 0.5) is 16.2 Å². The lowest BCUT2D eigenvalue weighted by atomic mass is 9.89. The van der Waals surface area contributed by atoms with Gasteiger partial charge in [0.1, 0.15) is 0 Å². The number of rotatable bonds is 2. The van der Waals surface area contributed by atoms with E-state index in [1.165, 1.54) is 32.1 Å². The molecule has 0 saturated heterocycles. The van der Waals surface area contributed by atoms with Crippen molar-refractivity contribution in [1.82, 2.24) is 0 Å². The third-order valence-corrected chi connectivity index (χ3v) is 4.61. The van der Waals surface area contributed by atoms with Gasteiger partial charge in [-0.1, -0.05) is 61.4 Å². The van der Waals surface area contributed by atoms with Gasteiger partial charge in [-0.25, -0.2) is 4.79 Å². The van der Waals surface area contributed by atoms with Gasteiger partial charge in [0, 0.05) is 24.2 Å². The van der Waals surface area contributed by atoms with E-state index < -0.39 is 0 Å². The first kappa shape index (κ1) is 17.1. The van der Waals surface area contributed by atoms with Crippen LogP contribution in [0.3, 0.4) is 0 Å². The zero-order chi connectivity index (χ0) is 17.5. The Morgan fingerprint density at radius 3 is 2.44 bits per heavy atom. The van der Waals surface area contributed by atoms with Gasteiger partial charge in [0.2, 0.25) is 0 Å². The van der Waals surface area contributed by atoms with Crippen LogP contribution >= 0.6 is 0 Å². The maximum absolute atomic E-state index is 12.5. The van der Waals surface area contributed by atoms with Gasteiger partial charge in [-0.2, -0.15) is 0 Å². The summed E-state index contributed by atoms with van der Waals surface area (Å²) in [7, 11) is 1.78. The fraction of sp³-hybridized carbons (Fsp3) is 0.318. The highest BCUT2D eigenvalue weighted by Gasteiger charge is 2.14. The summed E-state index contributed by atoms with van der Waals surface area (Å²) >= 11 is 0. The smallest absolute Gasteiger partial charge is 0.308 e. The molecule has 0 spiro atoms. The Morgan fingerprint density at radius 2 is 1.68 bits per heavy atom. The Labute approximate surface area is 150 Å². The van der Waals surface area contributed by atoms with Crippen LogP contribution < -0.4 is 10.2 Å². The molecular formula is C22H24N2O. The molecule has 3 nitrogen and oxygen atoms in total. The molecule has 2 aromatic rings. The number of nitrogens with zero attached hydrogens (tertiary/aromatic N) is 1. The molecule has 0 radical (unpaired) electrons. The lowest BCUT2D eigenvalue weighted by Gasteiger charge is -2.20. The van der Waals surface area contributed by atoms with E-state index in [9.17, 15) is 4.79 Å². The number of amides is 2. The fourth-order valence-corrected chi connectivity index (χ4v) is 3.14. The van der Waals surface area contributed by atoms with Gasteiger partial charge >= 0.3 is 6.03 Å². The van der Waals surface area contributed by atoms with Crippen molar-refractivity contribution in [2.45, 2.75) is 32.1 Å². The van der Waals surface area contributed by atoms with Crippen molar-refractivity contribution >= 4 is 17.4 Å². The van der Waals surface area contributed by atoms with E-state index in [-0.39, 0.29) is 6.03 Å². The summed E-state index contributed by atoms with van der Waals surface area (Å²) in [6.45, 7) is 0. The summed E-state index contributed by atoms with van der Waals surface area (Å²) in [6, 6.07) is 17.1. The predicted molar refractivity (Wildman–Crippen MR) is 104 cm³/mol. The minimum absolute atomic E-state index is 0.168. The Balaban J connectivity index is 1.75. The second-order valence-corrected chi connectivity index (χ2v) is 6.48. The number of carbonyl (C=O) groups excluding carboxylic acids is 1. The number of para-hydroxylation sites is 2. The summed E-state index contributed by atoms with van der Waals surface area (Å²) in [5, 5.41) is 2.91. The fourth-order valence-electron chi connectivity index (χ4n) is 3.14. The van der Waals surface area contributed by atoms with Crippen molar-refractivity contribution in [2.24, 2.45) is 5.92 Å². The van der Waals surface area contributed by atoms with Crippen LogP contribution in [0.5, 0.6) is 0 Å². The first-order chi connectivity index (χ1) is 12.2. The van der Waals surface area contributed by atoms with Gasteiger partial charge in [-0.3, -0.25) is 4.90 Å². The molecule has 0 unspecified atom stereocenters. The molecule has 25 heavy (non-hydrogen) atoms. The SMILES string of the molecule is CN(C(=O)Nc1ccccc1)c1ccccc1C#CC1CCCCC1. The van der Waals surface area contributed by atoms with Crippen molar-refractivity contribution in [1.29, 1.82) is 0 Å². The molecule has 2 aromatic carbocycles. The maximum atomic E-state index is 12.5. The molecule has 1 N–H and O–H groups in total. The standard InChI is InChI=1S/C22H24N2O/c1-24(22(25)23-20-13-6-3-7-14-20)21-15-9-8-12-19(21)17-16-18-10-4-2-5-11-18/h3,6-9,12-15,18H,2,4-5,10-11H2,1H3,(H,23,25). The normalized spacial score (nSPS) is 14.3. The van der Waals surface area contributed by atoms with Gasteiger partial charge in [0.25, 0.3) is 0 Å². The van der Waals surface area contributed by atoms with Crippen LogP contribution in [-0.2, 0) is 0 Å². The highest BCUT2D eigenvalue weighted by Crippen LogP contribution is 2.24. The molecule has 1 fully saturated rings. The van der Waals surface area contributed by atoms with Gasteiger partial charge < -0.3 is 5.32 Å². The average molecular weight is 332 g/mol. The van der Waals surface area contributed by atoms with E-state index in [2.05, 4.69) is 17.2 Å². The number of benzene rings is 2. The van der Waals surface area contributed by atoms with Crippen LogP contribution in [0.1, 0.15) is 37.7 Å². The van der Waals surface area contributed by atoms with Gasteiger partial charge in [-0.15, -0.1) is 0 Å². The monoisotopic (exact) mass is 332 g/mol. The van der Waals surface area contributed by atoms with E-state index in [1.807, 2.05) is 54.6 Å². The molecule has 2 amide bonds. The minimum Gasteiger partial charge on any atom is -0.308 e. The van der Waals surface area contributed by atoms with Crippen LogP contribution in [-0.4, -0.2) is 13.1 Å². The number of anilines is 2. The van der Waals surface area contributed by atoms with Gasteiger partial charge in [0.05, 0.1) is 5.69 Å². The minimum atomic E-state index is -0.168. The average Bonchev–Trinajstić information content (AvgIpc) is 2.67. The van der Waals surface area contributed by atoms with Crippen LogP contribution in [0, 0.1) is 17.8 Å². The summed E-state index contributed by atoms with van der Waals surface area (Å²) < 4.78 is 0. The Kier molecular flexibility index (Phi) is 5.74. The van der Waals surface area contributed by atoms with Gasteiger partial charge in [0.15, 0.2) is 0 Å². The van der Waals surface area contributed by atoms with E-state index in [0.29, 0.717) is 5.92 Å². The second kappa shape index (κ2) is 8.39. The third kappa shape index (κ3) is 4.64. The van der Waals surface area contributed by atoms with E-state index in [0.717, 1.165) is 16.9 Å². The Bertz CT molecular complexity index is 767. The molecule has 0 aliphatic heterocycles. The predicted octanol–water partition coefficient (Wildman–Crippen LogP) is 5.29. The topological polar surface area (TPSA) is 32.3 Å². The van der Waals surface area contributed by atoms with Crippen molar-refractivity contribution in [3.05, 3.63) is 60.2 Å². The Morgan fingerprint density at radius 1 is 1.00 bits per heavy atom. The molecule has 3 rings (SSSR count). The molecule has 0 atom stereocenters. The summed E-state index contributed by atoms with van der Waals surface area (Å²) in [4.78, 5) is 14.2. The van der Waals surface area contributed by atoms with Crippen molar-refractivity contribution in [2.75, 3.05) is 17.3 Å².